The van der Waals surface area contributed by atoms with E-state index in [0.29, 0.717) is 11.3 Å². The lowest BCUT2D eigenvalue weighted by Gasteiger charge is -2.29. The highest BCUT2D eigenvalue weighted by atomic mass is 16.2. The molecule has 1 N–H and O–H groups in total. The Morgan fingerprint density at radius 3 is 2.71 bits per heavy atom. The summed E-state index contributed by atoms with van der Waals surface area (Å²) in [6, 6.07) is 0.102. The van der Waals surface area contributed by atoms with E-state index in [-0.39, 0.29) is 6.04 Å². The van der Waals surface area contributed by atoms with Gasteiger partial charge in [-0.25, -0.2) is 0 Å². The lowest BCUT2D eigenvalue weighted by Crippen LogP contribution is -2.48. The van der Waals surface area contributed by atoms with Crippen molar-refractivity contribution < 1.29 is 4.79 Å². The topological polar surface area (TPSA) is 32.3 Å². The minimum absolute atomic E-state index is 0.102. The third-order valence-corrected chi connectivity index (χ3v) is 4.26. The zero-order valence-corrected chi connectivity index (χ0v) is 11.3. The van der Waals surface area contributed by atoms with Gasteiger partial charge in [0.05, 0.1) is 6.04 Å². The molecule has 0 saturated carbocycles. The summed E-state index contributed by atoms with van der Waals surface area (Å²) in [7, 11) is 0. The smallest absolute Gasteiger partial charge is 0.239 e. The third kappa shape index (κ3) is 3.44. The number of carbonyl (C=O) groups excluding carboxylic acids is 1. The van der Waals surface area contributed by atoms with Crippen molar-refractivity contribution in [3.05, 3.63) is 0 Å². The molecule has 98 valence electrons. The SMILES string of the molecule is CC1(C)CCCN(C(=O)C2CCCCN2)CC1. The Morgan fingerprint density at radius 2 is 2.00 bits per heavy atom. The van der Waals surface area contributed by atoms with Crippen molar-refractivity contribution in [1.29, 1.82) is 0 Å². The van der Waals surface area contributed by atoms with Crippen LogP contribution in [0.3, 0.4) is 0 Å². The van der Waals surface area contributed by atoms with E-state index in [4.69, 9.17) is 0 Å². The molecule has 0 bridgehead atoms. The molecule has 2 saturated heterocycles. The summed E-state index contributed by atoms with van der Waals surface area (Å²) in [5, 5.41) is 3.37. The van der Waals surface area contributed by atoms with Gasteiger partial charge in [-0.1, -0.05) is 20.3 Å². The van der Waals surface area contributed by atoms with Gasteiger partial charge in [0.2, 0.25) is 5.91 Å². The maximum absolute atomic E-state index is 12.4. The van der Waals surface area contributed by atoms with Crippen LogP contribution in [0.1, 0.15) is 52.4 Å². The number of rotatable bonds is 1. The second-order valence-corrected chi connectivity index (χ2v) is 6.35. The van der Waals surface area contributed by atoms with Crippen molar-refractivity contribution >= 4 is 5.91 Å². The Labute approximate surface area is 105 Å². The molecule has 2 fully saturated rings. The van der Waals surface area contributed by atoms with E-state index in [1.165, 1.54) is 19.3 Å². The summed E-state index contributed by atoms with van der Waals surface area (Å²) in [6.07, 6.45) is 6.99. The number of carbonyl (C=O) groups is 1. The van der Waals surface area contributed by atoms with Crippen molar-refractivity contribution in [1.82, 2.24) is 10.2 Å². The molecule has 2 aliphatic rings. The first-order valence-electron chi connectivity index (χ1n) is 7.11. The van der Waals surface area contributed by atoms with Crippen LogP contribution in [0.15, 0.2) is 0 Å². The van der Waals surface area contributed by atoms with Gasteiger partial charge in [-0.3, -0.25) is 4.79 Å². The molecule has 0 spiro atoms. The van der Waals surface area contributed by atoms with Crippen molar-refractivity contribution in [2.75, 3.05) is 19.6 Å². The van der Waals surface area contributed by atoms with Crippen LogP contribution in [0.5, 0.6) is 0 Å². The fourth-order valence-electron chi connectivity index (χ4n) is 2.93. The summed E-state index contributed by atoms with van der Waals surface area (Å²) in [4.78, 5) is 14.5. The molecule has 0 aromatic heterocycles. The quantitative estimate of drug-likeness (QED) is 0.759. The number of amides is 1. The molecule has 0 aromatic rings. The van der Waals surface area contributed by atoms with E-state index in [9.17, 15) is 4.79 Å². The highest BCUT2D eigenvalue weighted by Crippen LogP contribution is 2.30. The van der Waals surface area contributed by atoms with Gasteiger partial charge < -0.3 is 10.2 Å². The van der Waals surface area contributed by atoms with Crippen LogP contribution in [0.4, 0.5) is 0 Å². The minimum atomic E-state index is 0.102. The number of piperidine rings is 1. The Kier molecular flexibility index (Phi) is 4.08. The number of hydrogen-bond acceptors (Lipinski definition) is 2. The van der Waals surface area contributed by atoms with Gasteiger partial charge in [0.15, 0.2) is 0 Å². The minimum Gasteiger partial charge on any atom is -0.341 e. The van der Waals surface area contributed by atoms with E-state index in [1.54, 1.807) is 0 Å². The summed E-state index contributed by atoms with van der Waals surface area (Å²) in [5.74, 6) is 0.349. The van der Waals surface area contributed by atoms with Crippen molar-refractivity contribution in [2.45, 2.75) is 58.4 Å². The molecule has 0 aliphatic carbocycles. The summed E-state index contributed by atoms with van der Waals surface area (Å²) in [6.45, 7) is 7.56. The fourth-order valence-corrected chi connectivity index (χ4v) is 2.93. The Bertz CT molecular complexity index is 269. The van der Waals surface area contributed by atoms with Crippen molar-refractivity contribution in [2.24, 2.45) is 5.41 Å². The van der Waals surface area contributed by atoms with Gasteiger partial charge in [-0.05, 0) is 44.1 Å². The zero-order valence-electron chi connectivity index (χ0n) is 11.3. The Morgan fingerprint density at radius 1 is 1.18 bits per heavy atom. The van der Waals surface area contributed by atoms with Crippen molar-refractivity contribution in [3.63, 3.8) is 0 Å². The second kappa shape index (κ2) is 5.38. The number of nitrogens with zero attached hydrogens (tertiary/aromatic N) is 1. The molecule has 2 aliphatic heterocycles. The standard InChI is InChI=1S/C14H26N2O/c1-14(2)7-5-10-16(11-8-14)13(17)12-6-3-4-9-15-12/h12,15H,3-11H2,1-2H3. The molecule has 3 heteroatoms. The maximum Gasteiger partial charge on any atom is 0.239 e. The van der Waals surface area contributed by atoms with Gasteiger partial charge in [-0.15, -0.1) is 0 Å². The molecular weight excluding hydrogens is 212 g/mol. The zero-order chi connectivity index (χ0) is 12.3. The molecular formula is C14H26N2O. The molecule has 17 heavy (non-hydrogen) atoms. The molecule has 0 aromatic carbocycles. The molecule has 0 radical (unpaired) electrons. The van der Waals surface area contributed by atoms with Crippen LogP contribution < -0.4 is 5.32 Å². The number of likely N-dealkylation sites (tertiary alicyclic amines) is 1. The fraction of sp³-hybridized carbons (Fsp3) is 0.929. The highest BCUT2D eigenvalue weighted by molar-refractivity contribution is 5.82. The Hall–Kier alpha value is -0.570. The molecule has 1 unspecified atom stereocenters. The predicted octanol–water partition coefficient (Wildman–Crippen LogP) is 2.17. The van der Waals surface area contributed by atoms with E-state index >= 15 is 0 Å². The first-order valence-corrected chi connectivity index (χ1v) is 7.11. The maximum atomic E-state index is 12.4. The lowest BCUT2D eigenvalue weighted by molar-refractivity contribution is -0.134. The van der Waals surface area contributed by atoms with Crippen LogP contribution >= 0.6 is 0 Å². The number of hydrogen-bond donors (Lipinski definition) is 1. The van der Waals surface area contributed by atoms with Crippen LogP contribution in [0.2, 0.25) is 0 Å². The summed E-state index contributed by atoms with van der Waals surface area (Å²) >= 11 is 0. The highest BCUT2D eigenvalue weighted by Gasteiger charge is 2.29. The van der Waals surface area contributed by atoms with Gasteiger partial charge in [0.25, 0.3) is 0 Å². The van der Waals surface area contributed by atoms with Gasteiger partial charge in [0.1, 0.15) is 0 Å². The number of nitrogens with one attached hydrogen (secondary N) is 1. The van der Waals surface area contributed by atoms with E-state index in [1.807, 2.05) is 0 Å². The first-order chi connectivity index (χ1) is 8.08. The van der Waals surface area contributed by atoms with Crippen LogP contribution in [-0.4, -0.2) is 36.5 Å². The third-order valence-electron chi connectivity index (χ3n) is 4.26. The molecule has 1 amide bonds. The van der Waals surface area contributed by atoms with Crippen LogP contribution in [0.25, 0.3) is 0 Å². The van der Waals surface area contributed by atoms with E-state index in [2.05, 4.69) is 24.1 Å². The van der Waals surface area contributed by atoms with E-state index in [0.717, 1.165) is 38.9 Å². The van der Waals surface area contributed by atoms with Crippen LogP contribution in [0, 0.1) is 5.41 Å². The molecule has 1 atom stereocenters. The first kappa shape index (κ1) is 12.9. The lowest BCUT2D eigenvalue weighted by atomic mass is 9.85. The summed E-state index contributed by atoms with van der Waals surface area (Å²) in [5.41, 5.74) is 0.412. The second-order valence-electron chi connectivity index (χ2n) is 6.35. The van der Waals surface area contributed by atoms with Gasteiger partial charge in [0, 0.05) is 13.1 Å². The van der Waals surface area contributed by atoms with Gasteiger partial charge in [-0.2, -0.15) is 0 Å². The summed E-state index contributed by atoms with van der Waals surface area (Å²) < 4.78 is 0. The molecule has 3 nitrogen and oxygen atoms in total. The predicted molar refractivity (Wildman–Crippen MR) is 69.9 cm³/mol. The van der Waals surface area contributed by atoms with Crippen molar-refractivity contribution in [3.8, 4) is 0 Å². The van der Waals surface area contributed by atoms with Crippen LogP contribution in [-0.2, 0) is 4.79 Å². The average Bonchev–Trinajstić information content (AvgIpc) is 2.50. The van der Waals surface area contributed by atoms with Gasteiger partial charge >= 0.3 is 0 Å². The average molecular weight is 238 g/mol. The normalized spacial score (nSPS) is 29.8. The Balaban J connectivity index is 1.90. The monoisotopic (exact) mass is 238 g/mol. The molecule has 2 heterocycles. The largest absolute Gasteiger partial charge is 0.341 e. The van der Waals surface area contributed by atoms with E-state index < -0.39 is 0 Å². The molecule has 2 rings (SSSR count).